The lowest BCUT2D eigenvalue weighted by molar-refractivity contribution is -0.159. The Labute approximate surface area is 142 Å². The van der Waals surface area contributed by atoms with Gasteiger partial charge in [0.15, 0.2) is 0 Å². The molecule has 3 heterocycles. The number of piperidine rings is 1. The molecule has 2 aromatic rings. The van der Waals surface area contributed by atoms with Crippen molar-refractivity contribution >= 4 is 0 Å². The molecule has 2 aromatic heterocycles. The summed E-state index contributed by atoms with van der Waals surface area (Å²) in [4.78, 5) is 14.4. The van der Waals surface area contributed by atoms with Crippen molar-refractivity contribution in [3.8, 4) is 11.5 Å². The lowest BCUT2D eigenvalue weighted by Gasteiger charge is -2.32. The van der Waals surface area contributed by atoms with Crippen molar-refractivity contribution in [1.82, 2.24) is 25.0 Å². The topological polar surface area (TPSA) is 67.9 Å². The maximum atomic E-state index is 12.6. The lowest BCUT2D eigenvalue weighted by atomic mass is 9.94. The van der Waals surface area contributed by atoms with Crippen molar-refractivity contribution in [2.24, 2.45) is 5.92 Å². The zero-order valence-corrected chi connectivity index (χ0v) is 13.5. The van der Waals surface area contributed by atoms with Crippen LogP contribution in [-0.2, 0) is 6.18 Å². The van der Waals surface area contributed by atoms with Crippen molar-refractivity contribution in [3.63, 3.8) is 0 Å². The zero-order chi connectivity index (χ0) is 17.4. The summed E-state index contributed by atoms with van der Waals surface area (Å²) in [6.45, 7) is 3.14. The highest BCUT2D eigenvalue weighted by atomic mass is 19.4. The van der Waals surface area contributed by atoms with E-state index in [0.29, 0.717) is 0 Å². The summed E-state index contributed by atoms with van der Waals surface area (Å²) < 4.78 is 42.1. The molecule has 9 heteroatoms. The highest BCUT2D eigenvalue weighted by Crippen LogP contribution is 2.33. The Morgan fingerprint density at radius 2 is 2.00 bits per heavy atom. The van der Waals surface area contributed by atoms with Gasteiger partial charge in [-0.2, -0.15) is 18.2 Å². The number of aromatic nitrogens is 4. The van der Waals surface area contributed by atoms with Crippen LogP contribution in [0.5, 0.6) is 0 Å². The van der Waals surface area contributed by atoms with Gasteiger partial charge in [0.25, 0.3) is 0 Å². The molecule has 1 saturated carbocycles. The van der Waals surface area contributed by atoms with Gasteiger partial charge in [-0.15, -0.1) is 0 Å². The minimum absolute atomic E-state index is 0.188. The molecule has 0 spiro atoms. The largest absolute Gasteiger partial charge is 0.471 e. The molecule has 6 nitrogen and oxygen atoms in total. The quantitative estimate of drug-likeness (QED) is 0.841. The van der Waals surface area contributed by atoms with Gasteiger partial charge in [-0.25, -0.2) is 4.98 Å². The monoisotopic (exact) mass is 353 g/mol. The third-order valence-corrected chi connectivity index (χ3v) is 4.69. The normalized spacial score (nSPS) is 22.3. The van der Waals surface area contributed by atoms with Gasteiger partial charge in [-0.3, -0.25) is 4.98 Å². The first-order valence-electron chi connectivity index (χ1n) is 8.44. The van der Waals surface area contributed by atoms with Gasteiger partial charge >= 0.3 is 12.1 Å². The van der Waals surface area contributed by atoms with Crippen LogP contribution in [0.15, 0.2) is 16.9 Å². The number of rotatable bonds is 4. The van der Waals surface area contributed by atoms with Gasteiger partial charge in [0.2, 0.25) is 5.82 Å². The summed E-state index contributed by atoms with van der Waals surface area (Å²) in [5.41, 5.74) is 0.979. The third-order valence-electron chi connectivity index (χ3n) is 4.69. The second-order valence-corrected chi connectivity index (χ2v) is 6.79. The number of halogens is 3. The van der Waals surface area contributed by atoms with Crippen molar-refractivity contribution in [2.45, 2.75) is 37.8 Å². The number of hydrogen-bond acceptors (Lipinski definition) is 6. The maximum Gasteiger partial charge on any atom is 0.471 e. The second kappa shape index (κ2) is 6.36. The predicted molar refractivity (Wildman–Crippen MR) is 81.5 cm³/mol. The van der Waals surface area contributed by atoms with E-state index < -0.39 is 12.1 Å². The molecule has 1 aliphatic carbocycles. The standard InChI is InChI=1S/C16H18F3N5O/c17-16(18,19)15-22-14(23-25-15)13-7-20-6-12(21-13)11-2-1-5-24(9-11)8-10-3-4-10/h6-7,10-11H,1-5,8-9H2/t11-/m0/s1. The average molecular weight is 353 g/mol. The maximum absolute atomic E-state index is 12.6. The van der Waals surface area contributed by atoms with Crippen LogP contribution in [0.1, 0.15) is 43.2 Å². The van der Waals surface area contributed by atoms with E-state index in [1.807, 2.05) is 0 Å². The molecule has 0 amide bonds. The molecule has 2 aliphatic rings. The van der Waals surface area contributed by atoms with Crippen LogP contribution >= 0.6 is 0 Å². The van der Waals surface area contributed by atoms with Gasteiger partial charge in [0.05, 0.1) is 11.9 Å². The van der Waals surface area contributed by atoms with Crippen molar-refractivity contribution < 1.29 is 17.7 Å². The summed E-state index contributed by atoms with van der Waals surface area (Å²) in [6.07, 6.45) is 3.09. The van der Waals surface area contributed by atoms with E-state index in [1.165, 1.54) is 19.0 Å². The van der Waals surface area contributed by atoms with Crippen LogP contribution in [-0.4, -0.2) is 44.6 Å². The molecular weight excluding hydrogens is 335 g/mol. The second-order valence-electron chi connectivity index (χ2n) is 6.79. The lowest BCUT2D eigenvalue weighted by Crippen LogP contribution is -2.36. The van der Waals surface area contributed by atoms with Gasteiger partial charge < -0.3 is 9.42 Å². The number of hydrogen-bond donors (Lipinski definition) is 0. The number of alkyl halides is 3. The summed E-state index contributed by atoms with van der Waals surface area (Å²) in [7, 11) is 0. The van der Waals surface area contributed by atoms with Gasteiger partial charge in [0, 0.05) is 25.2 Å². The zero-order valence-electron chi connectivity index (χ0n) is 13.5. The highest BCUT2D eigenvalue weighted by Gasteiger charge is 2.38. The smallest absolute Gasteiger partial charge is 0.329 e. The predicted octanol–water partition coefficient (Wildman–Crippen LogP) is 3.13. The average Bonchev–Trinajstić information content (AvgIpc) is 3.25. The van der Waals surface area contributed by atoms with Crippen LogP contribution in [0, 0.1) is 5.92 Å². The van der Waals surface area contributed by atoms with Crippen LogP contribution in [0.25, 0.3) is 11.5 Å². The first-order chi connectivity index (χ1) is 12.0. The van der Waals surface area contributed by atoms with E-state index in [9.17, 15) is 13.2 Å². The number of likely N-dealkylation sites (tertiary alicyclic amines) is 1. The summed E-state index contributed by atoms with van der Waals surface area (Å²) in [5.74, 6) is -0.500. The van der Waals surface area contributed by atoms with Crippen LogP contribution in [0.3, 0.4) is 0 Å². The molecule has 25 heavy (non-hydrogen) atoms. The molecule has 134 valence electrons. The Balaban J connectivity index is 1.51. The minimum Gasteiger partial charge on any atom is -0.329 e. The van der Waals surface area contributed by atoms with E-state index in [2.05, 4.69) is 29.5 Å². The fraction of sp³-hybridized carbons (Fsp3) is 0.625. The first kappa shape index (κ1) is 16.4. The SMILES string of the molecule is FC(F)(F)c1nc(-c2cncc([C@H]3CCCN(CC4CC4)C3)n2)no1. The molecule has 1 atom stereocenters. The molecule has 0 radical (unpaired) electrons. The molecule has 0 bridgehead atoms. The Bertz CT molecular complexity index is 743. The summed E-state index contributed by atoms with van der Waals surface area (Å²) in [5, 5.41) is 3.38. The third kappa shape index (κ3) is 3.81. The molecular formula is C16H18F3N5O. The molecule has 0 unspecified atom stereocenters. The molecule has 0 N–H and O–H groups in total. The van der Waals surface area contributed by atoms with E-state index in [4.69, 9.17) is 0 Å². The van der Waals surface area contributed by atoms with Gasteiger partial charge in [-0.05, 0) is 38.1 Å². The highest BCUT2D eigenvalue weighted by molar-refractivity contribution is 5.46. The number of nitrogens with zero attached hydrogens (tertiary/aromatic N) is 5. The van der Waals surface area contributed by atoms with E-state index in [-0.39, 0.29) is 17.4 Å². The van der Waals surface area contributed by atoms with Crippen molar-refractivity contribution in [3.05, 3.63) is 24.0 Å². The Morgan fingerprint density at radius 1 is 1.16 bits per heavy atom. The van der Waals surface area contributed by atoms with E-state index in [1.54, 1.807) is 6.20 Å². The fourth-order valence-electron chi connectivity index (χ4n) is 3.26. The Hall–Kier alpha value is -2.03. The van der Waals surface area contributed by atoms with Crippen LogP contribution < -0.4 is 0 Å². The van der Waals surface area contributed by atoms with E-state index >= 15 is 0 Å². The minimum atomic E-state index is -4.66. The fourth-order valence-corrected chi connectivity index (χ4v) is 3.26. The molecule has 0 aromatic carbocycles. The van der Waals surface area contributed by atoms with E-state index in [0.717, 1.165) is 44.1 Å². The van der Waals surface area contributed by atoms with Crippen LogP contribution in [0.4, 0.5) is 13.2 Å². The Kier molecular flexibility index (Phi) is 4.18. The van der Waals surface area contributed by atoms with Crippen molar-refractivity contribution in [1.29, 1.82) is 0 Å². The van der Waals surface area contributed by atoms with Gasteiger partial charge in [0.1, 0.15) is 5.69 Å². The van der Waals surface area contributed by atoms with Crippen LogP contribution in [0.2, 0.25) is 0 Å². The summed E-state index contributed by atoms with van der Waals surface area (Å²) in [6, 6.07) is 0. The molecule has 1 aliphatic heterocycles. The van der Waals surface area contributed by atoms with Crippen molar-refractivity contribution in [2.75, 3.05) is 19.6 Å². The molecule has 2 fully saturated rings. The Morgan fingerprint density at radius 3 is 2.72 bits per heavy atom. The molecule has 1 saturated heterocycles. The first-order valence-corrected chi connectivity index (χ1v) is 8.44. The summed E-state index contributed by atoms with van der Waals surface area (Å²) >= 11 is 0. The van der Waals surface area contributed by atoms with Gasteiger partial charge in [-0.1, -0.05) is 5.16 Å². The molecule has 4 rings (SSSR count).